The molecule has 0 aliphatic carbocycles. The Hall–Kier alpha value is -1.05. The zero-order valence-electron chi connectivity index (χ0n) is 6.26. The van der Waals surface area contributed by atoms with Gasteiger partial charge in [-0.1, -0.05) is 25.7 Å². The van der Waals surface area contributed by atoms with Crippen molar-refractivity contribution >= 4 is 5.97 Å². The molecule has 0 aromatic rings. The highest BCUT2D eigenvalue weighted by Gasteiger charge is 2.01. The predicted octanol–water partition coefficient (Wildman–Crippen LogP) is 0.505. The predicted molar refractivity (Wildman–Crippen MR) is 38.1 cm³/mol. The van der Waals surface area contributed by atoms with Crippen LogP contribution in [0, 0.1) is 5.92 Å². The number of carbonyl (C=O) groups is 1. The number of rotatable bonds is 3. The number of carboxylic acids is 1. The Morgan fingerprint density at radius 1 is 1.70 bits per heavy atom. The van der Waals surface area contributed by atoms with Crippen molar-refractivity contribution in [1.82, 2.24) is 0 Å². The van der Waals surface area contributed by atoms with Gasteiger partial charge in [-0.2, -0.15) is 0 Å². The largest absolute Gasteiger partial charge is 0.545 e. The van der Waals surface area contributed by atoms with Crippen LogP contribution in [0.25, 0.3) is 0 Å². The van der Waals surface area contributed by atoms with E-state index in [1.807, 2.05) is 6.92 Å². The van der Waals surface area contributed by atoms with Crippen LogP contribution >= 0.6 is 0 Å². The summed E-state index contributed by atoms with van der Waals surface area (Å²) in [6.45, 7) is 6.95. The second-order valence-electron chi connectivity index (χ2n) is 2.13. The van der Waals surface area contributed by atoms with Crippen molar-refractivity contribution in [3.63, 3.8) is 0 Å². The number of aliphatic carboxylic acids is 1. The molecule has 0 radical (unpaired) electrons. The minimum absolute atomic E-state index is 0.123. The molecule has 2 nitrogen and oxygen atoms in total. The van der Waals surface area contributed by atoms with Crippen molar-refractivity contribution < 1.29 is 9.90 Å². The average molecular weight is 139 g/mol. The number of carboxylic acid groups (broad SMARTS) is 1. The second-order valence-corrected chi connectivity index (χ2v) is 2.13. The van der Waals surface area contributed by atoms with Gasteiger partial charge in [0.05, 0.1) is 5.97 Å². The molecule has 0 fully saturated rings. The van der Waals surface area contributed by atoms with Gasteiger partial charge >= 0.3 is 0 Å². The van der Waals surface area contributed by atoms with Crippen LogP contribution in [0.15, 0.2) is 24.3 Å². The molecular formula is C8H11O2-. The first kappa shape index (κ1) is 8.95. The Balaban J connectivity index is 4.08. The molecule has 0 spiro atoms. The van der Waals surface area contributed by atoms with E-state index in [0.29, 0.717) is 0 Å². The first-order valence-electron chi connectivity index (χ1n) is 3.12. The van der Waals surface area contributed by atoms with E-state index in [1.54, 1.807) is 19.1 Å². The molecule has 0 amide bonds. The van der Waals surface area contributed by atoms with Crippen LogP contribution in [0.3, 0.4) is 0 Å². The normalized spacial score (nSPS) is 13.4. The Bertz CT molecular complexity index is 168. The van der Waals surface area contributed by atoms with E-state index in [9.17, 15) is 9.90 Å². The summed E-state index contributed by atoms with van der Waals surface area (Å²) in [7, 11) is 0. The molecule has 0 aromatic heterocycles. The van der Waals surface area contributed by atoms with E-state index in [1.165, 1.54) is 0 Å². The Morgan fingerprint density at radius 2 is 2.20 bits per heavy atom. The molecule has 0 bridgehead atoms. The first-order valence-corrected chi connectivity index (χ1v) is 3.12. The number of carbonyl (C=O) groups excluding carboxylic acids is 1. The summed E-state index contributed by atoms with van der Waals surface area (Å²) < 4.78 is 0. The molecule has 2 heteroatoms. The lowest BCUT2D eigenvalue weighted by molar-refractivity contribution is -0.299. The van der Waals surface area contributed by atoms with E-state index in [2.05, 4.69) is 6.58 Å². The van der Waals surface area contributed by atoms with Gasteiger partial charge in [0.15, 0.2) is 0 Å². The third-order valence-corrected chi connectivity index (χ3v) is 1.29. The fourth-order valence-corrected chi connectivity index (χ4v) is 0.591. The zero-order chi connectivity index (χ0) is 8.15. The van der Waals surface area contributed by atoms with Crippen molar-refractivity contribution in [2.24, 2.45) is 5.92 Å². The average Bonchev–Trinajstić information content (AvgIpc) is 1.87. The summed E-state index contributed by atoms with van der Waals surface area (Å²) >= 11 is 0. The van der Waals surface area contributed by atoms with Gasteiger partial charge < -0.3 is 9.90 Å². The van der Waals surface area contributed by atoms with Crippen molar-refractivity contribution in [1.29, 1.82) is 0 Å². The highest BCUT2D eigenvalue weighted by Crippen LogP contribution is 2.07. The second kappa shape index (κ2) is 3.88. The summed E-state index contributed by atoms with van der Waals surface area (Å²) in [5.41, 5.74) is 0.123. The SMILES string of the molecule is C=C(C(=O)[O-])C(C)/C=C/C. The molecule has 0 rings (SSSR count). The molecule has 0 saturated carbocycles. The third-order valence-electron chi connectivity index (χ3n) is 1.29. The number of hydrogen-bond acceptors (Lipinski definition) is 2. The summed E-state index contributed by atoms with van der Waals surface area (Å²) in [5.74, 6) is -1.31. The minimum Gasteiger partial charge on any atom is -0.545 e. The summed E-state index contributed by atoms with van der Waals surface area (Å²) in [5, 5.41) is 10.2. The fraction of sp³-hybridized carbons (Fsp3) is 0.375. The van der Waals surface area contributed by atoms with Crippen LogP contribution in [-0.4, -0.2) is 5.97 Å². The van der Waals surface area contributed by atoms with E-state index >= 15 is 0 Å². The molecule has 0 aromatic carbocycles. The number of allylic oxidation sites excluding steroid dienone is 2. The van der Waals surface area contributed by atoms with Crippen LogP contribution in [0.4, 0.5) is 0 Å². The molecule has 0 heterocycles. The van der Waals surface area contributed by atoms with Gasteiger partial charge in [-0.05, 0) is 12.5 Å². The van der Waals surface area contributed by atoms with E-state index in [-0.39, 0.29) is 11.5 Å². The Morgan fingerprint density at radius 3 is 2.50 bits per heavy atom. The lowest BCUT2D eigenvalue weighted by atomic mass is 10.0. The van der Waals surface area contributed by atoms with Crippen molar-refractivity contribution in [3.8, 4) is 0 Å². The zero-order valence-corrected chi connectivity index (χ0v) is 6.26. The van der Waals surface area contributed by atoms with Crippen molar-refractivity contribution in [2.75, 3.05) is 0 Å². The molecule has 1 atom stereocenters. The maximum Gasteiger partial charge on any atom is 0.0674 e. The lowest BCUT2D eigenvalue weighted by Crippen LogP contribution is -2.26. The van der Waals surface area contributed by atoms with Gasteiger partial charge in [0.25, 0.3) is 0 Å². The molecule has 0 N–H and O–H groups in total. The maximum atomic E-state index is 10.2. The molecular weight excluding hydrogens is 128 g/mol. The summed E-state index contributed by atoms with van der Waals surface area (Å²) in [6.07, 6.45) is 3.55. The number of hydrogen-bond donors (Lipinski definition) is 0. The summed E-state index contributed by atoms with van der Waals surface area (Å²) in [4.78, 5) is 10.2. The highest BCUT2D eigenvalue weighted by atomic mass is 16.4. The van der Waals surface area contributed by atoms with Crippen LogP contribution in [0.1, 0.15) is 13.8 Å². The quantitative estimate of drug-likeness (QED) is 0.422. The lowest BCUT2D eigenvalue weighted by Gasteiger charge is -2.10. The van der Waals surface area contributed by atoms with E-state index in [0.717, 1.165) is 0 Å². The smallest absolute Gasteiger partial charge is 0.0674 e. The van der Waals surface area contributed by atoms with Gasteiger partial charge in [-0.25, -0.2) is 0 Å². The van der Waals surface area contributed by atoms with Crippen LogP contribution in [0.5, 0.6) is 0 Å². The highest BCUT2D eigenvalue weighted by molar-refractivity contribution is 5.84. The summed E-state index contributed by atoms with van der Waals surface area (Å²) in [6, 6.07) is 0. The van der Waals surface area contributed by atoms with Gasteiger partial charge in [0, 0.05) is 5.92 Å². The molecule has 56 valence electrons. The van der Waals surface area contributed by atoms with E-state index in [4.69, 9.17) is 0 Å². The van der Waals surface area contributed by atoms with Gasteiger partial charge in [-0.3, -0.25) is 0 Å². The molecule has 0 saturated heterocycles. The first-order chi connectivity index (χ1) is 4.59. The Kier molecular flexibility index (Phi) is 3.47. The van der Waals surface area contributed by atoms with Gasteiger partial charge in [-0.15, -0.1) is 0 Å². The molecule has 1 unspecified atom stereocenters. The molecule has 0 aliphatic heterocycles. The molecule has 0 aliphatic rings. The minimum atomic E-state index is -1.18. The maximum absolute atomic E-state index is 10.2. The van der Waals surface area contributed by atoms with Crippen LogP contribution in [-0.2, 0) is 4.79 Å². The Labute approximate surface area is 60.9 Å². The van der Waals surface area contributed by atoms with Gasteiger partial charge in [0.1, 0.15) is 0 Å². The van der Waals surface area contributed by atoms with E-state index < -0.39 is 5.97 Å². The standard InChI is InChI=1S/C8H12O2/c1-4-5-6(2)7(3)8(9)10/h4-6H,3H2,1-2H3,(H,9,10)/p-1/b5-4+. The fourth-order valence-electron chi connectivity index (χ4n) is 0.591. The van der Waals surface area contributed by atoms with Crippen molar-refractivity contribution in [3.05, 3.63) is 24.3 Å². The van der Waals surface area contributed by atoms with Crippen LogP contribution < -0.4 is 5.11 Å². The third kappa shape index (κ3) is 2.49. The molecule has 10 heavy (non-hydrogen) atoms. The van der Waals surface area contributed by atoms with Gasteiger partial charge in [0.2, 0.25) is 0 Å². The van der Waals surface area contributed by atoms with Crippen molar-refractivity contribution in [2.45, 2.75) is 13.8 Å². The van der Waals surface area contributed by atoms with Crippen LogP contribution in [0.2, 0.25) is 0 Å². The topological polar surface area (TPSA) is 40.1 Å². The monoisotopic (exact) mass is 139 g/mol.